The van der Waals surface area contributed by atoms with E-state index in [0.717, 1.165) is 45.1 Å². The minimum absolute atomic E-state index is 0.0701. The number of benzene rings is 1. The van der Waals surface area contributed by atoms with Crippen molar-refractivity contribution < 1.29 is 9.53 Å². The van der Waals surface area contributed by atoms with Gasteiger partial charge in [-0.1, -0.05) is 12.1 Å². The van der Waals surface area contributed by atoms with Crippen LogP contribution in [0.2, 0.25) is 0 Å². The molecule has 2 N–H and O–H groups in total. The molecule has 0 aliphatic carbocycles. The fraction of sp³-hybridized carbons (Fsp3) is 0.652. The first-order chi connectivity index (χ1) is 14.8. The summed E-state index contributed by atoms with van der Waals surface area (Å²) < 4.78 is 5.38. The second-order valence-corrected chi connectivity index (χ2v) is 10.2. The molecule has 2 saturated heterocycles. The zero-order valence-corrected chi connectivity index (χ0v) is 20.1. The Kier molecular flexibility index (Phi) is 8.35. The fourth-order valence-corrected chi connectivity index (χ4v) is 4.67. The molecule has 7 nitrogen and oxygen atoms in total. The van der Waals surface area contributed by atoms with Gasteiger partial charge in [0.05, 0.1) is 12.6 Å². The molecule has 0 aromatic heterocycles. The quantitative estimate of drug-likeness (QED) is 0.533. The maximum absolute atomic E-state index is 12.1. The molecule has 3 rings (SSSR count). The lowest BCUT2D eigenvalue weighted by molar-refractivity contribution is 0.0507. The maximum atomic E-state index is 12.1. The van der Waals surface area contributed by atoms with E-state index in [-0.39, 0.29) is 12.1 Å². The number of amides is 1. The highest BCUT2D eigenvalue weighted by molar-refractivity contribution is 7.99. The van der Waals surface area contributed by atoms with Gasteiger partial charge in [0.15, 0.2) is 5.96 Å². The van der Waals surface area contributed by atoms with Crippen LogP contribution in [-0.4, -0.2) is 72.8 Å². The molecule has 1 amide bonds. The number of carbonyl (C=O) groups is 1. The first-order valence-corrected chi connectivity index (χ1v) is 12.4. The minimum atomic E-state index is -0.485. The van der Waals surface area contributed by atoms with Gasteiger partial charge < -0.3 is 25.2 Å². The summed E-state index contributed by atoms with van der Waals surface area (Å²) in [6.07, 6.45) is 0.528. The molecule has 2 aliphatic rings. The van der Waals surface area contributed by atoms with Gasteiger partial charge in [-0.15, -0.1) is 0 Å². The van der Waals surface area contributed by atoms with Gasteiger partial charge in [-0.3, -0.25) is 0 Å². The number of thioether (sulfide) groups is 1. The molecule has 0 bridgehead atoms. The van der Waals surface area contributed by atoms with Crippen LogP contribution in [0.15, 0.2) is 29.3 Å². The molecule has 1 atom stereocenters. The van der Waals surface area contributed by atoms with Crippen molar-refractivity contribution in [2.24, 2.45) is 4.99 Å². The second-order valence-electron chi connectivity index (χ2n) is 9.01. The van der Waals surface area contributed by atoms with Crippen LogP contribution in [0.25, 0.3) is 0 Å². The molecule has 31 heavy (non-hydrogen) atoms. The number of nitrogens with one attached hydrogen (secondary N) is 2. The topological polar surface area (TPSA) is 69.2 Å². The first kappa shape index (κ1) is 23.6. The molecular weight excluding hydrogens is 410 g/mol. The Labute approximate surface area is 191 Å². The number of anilines is 1. The van der Waals surface area contributed by atoms with Crippen LogP contribution in [0.3, 0.4) is 0 Å². The lowest BCUT2D eigenvalue weighted by Gasteiger charge is -2.28. The Morgan fingerprint density at radius 1 is 1.19 bits per heavy atom. The Morgan fingerprint density at radius 3 is 2.55 bits per heavy atom. The van der Waals surface area contributed by atoms with E-state index in [1.165, 1.54) is 22.8 Å². The number of hydrogen-bond donors (Lipinski definition) is 2. The molecule has 0 spiro atoms. The van der Waals surface area contributed by atoms with Gasteiger partial charge in [-0.05, 0) is 51.8 Å². The molecular formula is C23H37N5O2S. The van der Waals surface area contributed by atoms with Gasteiger partial charge >= 0.3 is 6.09 Å². The molecule has 1 aromatic carbocycles. The van der Waals surface area contributed by atoms with Crippen molar-refractivity contribution in [3.05, 3.63) is 29.8 Å². The number of alkyl carbamates (subject to hydrolysis) is 1. The molecule has 2 fully saturated rings. The smallest absolute Gasteiger partial charge is 0.407 e. The molecule has 0 radical (unpaired) electrons. The van der Waals surface area contributed by atoms with E-state index in [1.807, 2.05) is 32.5 Å². The predicted molar refractivity (Wildman–Crippen MR) is 130 cm³/mol. The highest BCUT2D eigenvalue weighted by Gasteiger charge is 2.27. The van der Waals surface area contributed by atoms with Crippen LogP contribution in [-0.2, 0) is 11.3 Å². The highest BCUT2D eigenvalue weighted by Crippen LogP contribution is 2.20. The van der Waals surface area contributed by atoms with Crippen molar-refractivity contribution in [3.63, 3.8) is 0 Å². The monoisotopic (exact) mass is 447 g/mol. The number of likely N-dealkylation sites (tertiary alicyclic amines) is 1. The number of carbonyl (C=O) groups excluding carboxylic acids is 1. The number of rotatable bonds is 5. The molecule has 1 unspecified atom stereocenters. The van der Waals surface area contributed by atoms with E-state index in [0.29, 0.717) is 6.54 Å². The summed E-state index contributed by atoms with van der Waals surface area (Å²) in [7, 11) is 0. The van der Waals surface area contributed by atoms with Crippen molar-refractivity contribution in [2.75, 3.05) is 49.1 Å². The Balaban J connectivity index is 1.54. The lowest BCUT2D eigenvalue weighted by Crippen LogP contribution is -2.44. The number of hydrogen-bond acceptors (Lipinski definition) is 5. The van der Waals surface area contributed by atoms with Crippen molar-refractivity contribution in [2.45, 2.75) is 52.3 Å². The van der Waals surface area contributed by atoms with Gasteiger partial charge in [0.2, 0.25) is 0 Å². The minimum Gasteiger partial charge on any atom is -0.444 e. The van der Waals surface area contributed by atoms with E-state index < -0.39 is 5.60 Å². The van der Waals surface area contributed by atoms with Gasteiger partial charge in [0.1, 0.15) is 5.60 Å². The van der Waals surface area contributed by atoms with E-state index in [4.69, 9.17) is 9.73 Å². The highest BCUT2D eigenvalue weighted by atomic mass is 32.2. The summed E-state index contributed by atoms with van der Waals surface area (Å²) in [5.74, 6) is 3.31. The van der Waals surface area contributed by atoms with Crippen LogP contribution < -0.4 is 15.5 Å². The molecule has 172 valence electrons. The fourth-order valence-electron chi connectivity index (χ4n) is 3.77. The Bertz CT molecular complexity index is 741. The number of ether oxygens (including phenoxy) is 1. The van der Waals surface area contributed by atoms with Crippen molar-refractivity contribution in [1.82, 2.24) is 15.5 Å². The Hall–Kier alpha value is -2.09. The first-order valence-electron chi connectivity index (χ1n) is 11.3. The molecule has 1 aromatic rings. The predicted octanol–water partition coefficient (Wildman–Crippen LogP) is 3.30. The zero-order valence-electron chi connectivity index (χ0n) is 19.3. The van der Waals surface area contributed by atoms with E-state index in [2.05, 4.69) is 51.6 Å². The van der Waals surface area contributed by atoms with Gasteiger partial charge in [0, 0.05) is 49.9 Å². The standard InChI is InChI=1S/C23H37N5O2S/c1-5-24-21(28-11-10-19(17-28)26-22(29)30-23(2,3)4)25-16-18-6-8-20(9-7-18)27-12-14-31-15-13-27/h6-9,19H,5,10-17H2,1-4H3,(H,24,25)(H,26,29). The lowest BCUT2D eigenvalue weighted by atomic mass is 10.2. The maximum Gasteiger partial charge on any atom is 0.407 e. The average molecular weight is 448 g/mol. The molecule has 0 saturated carbocycles. The van der Waals surface area contributed by atoms with Crippen molar-refractivity contribution in [1.29, 1.82) is 0 Å². The molecule has 8 heteroatoms. The van der Waals surface area contributed by atoms with Crippen LogP contribution in [0.4, 0.5) is 10.5 Å². The van der Waals surface area contributed by atoms with E-state index >= 15 is 0 Å². The third kappa shape index (κ3) is 7.52. The van der Waals surface area contributed by atoms with E-state index in [9.17, 15) is 4.79 Å². The van der Waals surface area contributed by atoms with Crippen molar-refractivity contribution >= 4 is 29.5 Å². The van der Waals surface area contributed by atoms with Gasteiger partial charge in [-0.25, -0.2) is 9.79 Å². The summed E-state index contributed by atoms with van der Waals surface area (Å²) in [6, 6.07) is 8.86. The zero-order chi connectivity index (χ0) is 22.3. The molecule has 2 aliphatic heterocycles. The number of nitrogens with zero attached hydrogens (tertiary/aromatic N) is 3. The summed E-state index contributed by atoms with van der Waals surface area (Å²) in [6.45, 7) is 13.0. The number of aliphatic imine (C=N–C) groups is 1. The van der Waals surface area contributed by atoms with E-state index in [1.54, 1.807) is 0 Å². The average Bonchev–Trinajstić information content (AvgIpc) is 3.19. The van der Waals surface area contributed by atoms with Crippen LogP contribution in [0, 0.1) is 0 Å². The van der Waals surface area contributed by atoms with Crippen molar-refractivity contribution in [3.8, 4) is 0 Å². The third-order valence-electron chi connectivity index (χ3n) is 5.27. The summed E-state index contributed by atoms with van der Waals surface area (Å²) in [5, 5.41) is 6.37. The Morgan fingerprint density at radius 2 is 1.90 bits per heavy atom. The summed E-state index contributed by atoms with van der Waals surface area (Å²) >= 11 is 2.03. The van der Waals surface area contributed by atoms with Crippen LogP contribution >= 0.6 is 11.8 Å². The normalized spacial score (nSPS) is 20.0. The second kappa shape index (κ2) is 11.0. The van der Waals surface area contributed by atoms with Gasteiger partial charge in [-0.2, -0.15) is 11.8 Å². The van der Waals surface area contributed by atoms with Crippen LogP contribution in [0.5, 0.6) is 0 Å². The number of guanidine groups is 1. The van der Waals surface area contributed by atoms with Gasteiger partial charge in [0.25, 0.3) is 0 Å². The SMILES string of the molecule is CCNC(=NCc1ccc(N2CCSCC2)cc1)N1CCC(NC(=O)OC(C)(C)C)C1. The summed E-state index contributed by atoms with van der Waals surface area (Å²) in [4.78, 5) is 21.6. The molecule has 2 heterocycles. The third-order valence-corrected chi connectivity index (χ3v) is 6.21. The summed E-state index contributed by atoms with van der Waals surface area (Å²) in [5.41, 5.74) is 2.02. The van der Waals surface area contributed by atoms with Crippen LogP contribution in [0.1, 0.15) is 39.7 Å². The largest absolute Gasteiger partial charge is 0.444 e.